The van der Waals surface area contributed by atoms with E-state index in [-0.39, 0.29) is 0 Å². The first-order chi connectivity index (χ1) is 12.4. The third-order valence-corrected chi connectivity index (χ3v) is 5.40. The summed E-state index contributed by atoms with van der Waals surface area (Å²) in [6.07, 6.45) is -4.59. The Morgan fingerprint density at radius 3 is 1.69 bits per heavy atom. The highest BCUT2D eigenvalue weighted by molar-refractivity contribution is 8.07. The van der Waals surface area contributed by atoms with Crippen LogP contribution in [0.1, 0.15) is 0 Å². The number of hydrogen-bond acceptors (Lipinski definition) is 8. The maximum atomic E-state index is 9.93. The van der Waals surface area contributed by atoms with Gasteiger partial charge in [-0.3, -0.25) is 4.52 Å². The molecule has 2 rings (SSSR count). The number of hydrogen-bond donors (Lipinski definition) is 4. The highest BCUT2D eigenvalue weighted by atomic mass is 32.5. The summed E-state index contributed by atoms with van der Waals surface area (Å²) in [5, 5.41) is 37.9. The number of aliphatic hydroxyl groups excluding tert-OH is 4. The number of para-hydroxylation sites is 2. The zero-order chi connectivity index (χ0) is 19.0. The van der Waals surface area contributed by atoms with Gasteiger partial charge >= 0.3 is 6.72 Å². The minimum Gasteiger partial charge on any atom is -0.416 e. The van der Waals surface area contributed by atoms with Gasteiger partial charge < -0.3 is 29.5 Å². The molecule has 0 aliphatic carbocycles. The van der Waals surface area contributed by atoms with Gasteiger partial charge in [0.15, 0.2) is 0 Å². The van der Waals surface area contributed by atoms with Crippen LogP contribution in [-0.2, 0) is 16.3 Å². The van der Waals surface area contributed by atoms with E-state index in [1.54, 1.807) is 48.5 Å². The van der Waals surface area contributed by atoms with Gasteiger partial charge in [-0.25, -0.2) is 0 Å². The average molecular weight is 400 g/mol. The van der Waals surface area contributed by atoms with E-state index in [9.17, 15) is 15.3 Å². The average Bonchev–Trinajstić information content (AvgIpc) is 2.66. The molecule has 0 saturated heterocycles. The molecule has 0 amide bonds. The smallest absolute Gasteiger partial charge is 0.416 e. The zero-order valence-electron chi connectivity index (χ0n) is 13.8. The van der Waals surface area contributed by atoms with Crippen molar-refractivity contribution in [1.82, 2.24) is 0 Å². The van der Waals surface area contributed by atoms with Gasteiger partial charge in [0.1, 0.15) is 29.8 Å². The SMILES string of the molecule is OC[C@H](O)[C@@H](O)[C@H](O)COP(=S)(Oc1ccccc1)Oc1ccccc1. The summed E-state index contributed by atoms with van der Waals surface area (Å²) in [6.45, 7) is -4.53. The molecular formula is C17H21O7PS. The van der Waals surface area contributed by atoms with Crippen molar-refractivity contribution < 1.29 is 34.0 Å². The van der Waals surface area contributed by atoms with Crippen molar-refractivity contribution in [3.63, 3.8) is 0 Å². The highest BCUT2D eigenvalue weighted by Gasteiger charge is 2.30. The summed E-state index contributed by atoms with van der Waals surface area (Å²) in [5.41, 5.74) is 0. The van der Waals surface area contributed by atoms with E-state index >= 15 is 0 Å². The fourth-order valence-electron chi connectivity index (χ4n) is 1.92. The van der Waals surface area contributed by atoms with Crippen molar-refractivity contribution in [1.29, 1.82) is 0 Å². The monoisotopic (exact) mass is 400 g/mol. The van der Waals surface area contributed by atoms with Crippen molar-refractivity contribution >= 4 is 18.5 Å². The minimum atomic E-state index is -3.38. The first kappa shape index (κ1) is 20.8. The Morgan fingerprint density at radius 1 is 0.808 bits per heavy atom. The lowest BCUT2D eigenvalue weighted by molar-refractivity contribution is -0.0877. The Balaban J connectivity index is 2.11. The zero-order valence-corrected chi connectivity index (χ0v) is 15.5. The van der Waals surface area contributed by atoms with E-state index in [4.69, 9.17) is 30.5 Å². The minimum absolute atomic E-state index is 0.428. The molecule has 0 fully saturated rings. The standard InChI is InChI=1S/C17H21O7PS/c18-11-15(19)17(21)16(20)12-22-25(26,23-13-7-3-1-4-8-13)24-14-9-5-2-6-10-14/h1-10,15-21H,11-12H2/t15-,16+,17+/m0/s1. The summed E-state index contributed by atoms with van der Waals surface area (Å²) < 4.78 is 16.9. The molecule has 4 N–H and O–H groups in total. The lowest BCUT2D eigenvalue weighted by atomic mass is 10.1. The Bertz CT molecular complexity index is 655. The van der Waals surface area contributed by atoms with Crippen molar-refractivity contribution in [2.75, 3.05) is 13.2 Å². The Morgan fingerprint density at radius 2 is 1.27 bits per heavy atom. The Kier molecular flexibility index (Phi) is 7.99. The van der Waals surface area contributed by atoms with E-state index in [2.05, 4.69) is 0 Å². The lowest BCUT2D eigenvalue weighted by Crippen LogP contribution is -2.41. The van der Waals surface area contributed by atoms with Crippen molar-refractivity contribution in [3.05, 3.63) is 60.7 Å². The molecule has 0 heterocycles. The van der Waals surface area contributed by atoms with Crippen LogP contribution in [0.25, 0.3) is 0 Å². The Hall–Kier alpha value is -1.51. The van der Waals surface area contributed by atoms with Crippen molar-refractivity contribution in [2.24, 2.45) is 0 Å². The maximum absolute atomic E-state index is 9.93. The molecule has 9 heteroatoms. The molecule has 0 radical (unpaired) electrons. The van der Waals surface area contributed by atoms with Crippen LogP contribution in [0, 0.1) is 0 Å². The van der Waals surface area contributed by atoms with Gasteiger partial charge in [-0.2, -0.15) is 0 Å². The molecule has 26 heavy (non-hydrogen) atoms. The van der Waals surface area contributed by atoms with Gasteiger partial charge in [0.05, 0.1) is 13.2 Å². The van der Waals surface area contributed by atoms with E-state index < -0.39 is 38.2 Å². The molecule has 2 aromatic carbocycles. The van der Waals surface area contributed by atoms with Gasteiger partial charge in [0, 0.05) is 11.8 Å². The number of aliphatic hydroxyl groups is 4. The third-order valence-electron chi connectivity index (χ3n) is 3.30. The predicted octanol–water partition coefficient (Wildman–Crippen LogP) is 1.46. The molecule has 142 valence electrons. The number of benzene rings is 2. The summed E-state index contributed by atoms with van der Waals surface area (Å²) in [7, 11) is 0. The molecule has 0 aromatic heterocycles. The molecular weight excluding hydrogens is 379 g/mol. The van der Waals surface area contributed by atoms with Crippen LogP contribution in [-0.4, -0.2) is 52.0 Å². The normalized spacial score (nSPS) is 15.1. The van der Waals surface area contributed by atoms with E-state index in [1.165, 1.54) is 0 Å². The fourth-order valence-corrected chi connectivity index (χ4v) is 3.86. The molecule has 0 aliphatic rings. The van der Waals surface area contributed by atoms with Gasteiger partial charge in [0.25, 0.3) is 0 Å². The van der Waals surface area contributed by atoms with Crippen molar-refractivity contribution in [2.45, 2.75) is 18.3 Å². The molecule has 0 bridgehead atoms. The van der Waals surface area contributed by atoms with Gasteiger partial charge in [-0.15, -0.1) is 0 Å². The van der Waals surface area contributed by atoms with Gasteiger partial charge in [-0.1, -0.05) is 36.4 Å². The van der Waals surface area contributed by atoms with Crippen LogP contribution in [0.15, 0.2) is 60.7 Å². The van der Waals surface area contributed by atoms with E-state index in [1.807, 2.05) is 12.1 Å². The second-order valence-electron chi connectivity index (χ2n) is 5.36. The summed E-state index contributed by atoms with van der Waals surface area (Å²) in [4.78, 5) is 0. The quantitative estimate of drug-likeness (QED) is 0.444. The molecule has 0 aliphatic heterocycles. The summed E-state index contributed by atoms with van der Waals surface area (Å²) in [5.74, 6) is 0.856. The first-order valence-electron chi connectivity index (χ1n) is 7.82. The topological polar surface area (TPSA) is 109 Å². The predicted molar refractivity (Wildman–Crippen MR) is 99.5 cm³/mol. The first-order valence-corrected chi connectivity index (χ1v) is 10.4. The van der Waals surface area contributed by atoms with Crippen LogP contribution >= 0.6 is 6.72 Å². The van der Waals surface area contributed by atoms with Gasteiger partial charge in [-0.05, 0) is 24.3 Å². The summed E-state index contributed by atoms with van der Waals surface area (Å²) in [6, 6.07) is 17.4. The van der Waals surface area contributed by atoms with Crippen molar-refractivity contribution in [3.8, 4) is 11.5 Å². The second kappa shape index (κ2) is 9.99. The van der Waals surface area contributed by atoms with Gasteiger partial charge in [0.2, 0.25) is 0 Å². The largest absolute Gasteiger partial charge is 0.435 e. The third kappa shape index (κ3) is 6.34. The molecule has 0 unspecified atom stereocenters. The summed E-state index contributed by atoms with van der Waals surface area (Å²) >= 11 is 5.40. The van der Waals surface area contributed by atoms with E-state index in [0.717, 1.165) is 0 Å². The molecule has 7 nitrogen and oxygen atoms in total. The number of rotatable bonds is 10. The molecule has 0 saturated carbocycles. The maximum Gasteiger partial charge on any atom is 0.435 e. The van der Waals surface area contributed by atoms with Crippen LogP contribution in [0.4, 0.5) is 0 Å². The lowest BCUT2D eigenvalue weighted by Gasteiger charge is -2.26. The molecule has 2 aromatic rings. The van der Waals surface area contributed by atoms with Crippen LogP contribution in [0.3, 0.4) is 0 Å². The van der Waals surface area contributed by atoms with Crippen LogP contribution in [0.5, 0.6) is 11.5 Å². The van der Waals surface area contributed by atoms with Crippen LogP contribution < -0.4 is 9.05 Å². The highest BCUT2D eigenvalue weighted by Crippen LogP contribution is 2.50. The molecule has 3 atom stereocenters. The Labute approximate surface area is 156 Å². The second-order valence-corrected chi connectivity index (χ2v) is 8.22. The van der Waals surface area contributed by atoms with Crippen LogP contribution in [0.2, 0.25) is 0 Å². The van der Waals surface area contributed by atoms with E-state index in [0.29, 0.717) is 11.5 Å². The fraction of sp³-hybridized carbons (Fsp3) is 0.294. The molecule has 0 spiro atoms.